The summed E-state index contributed by atoms with van der Waals surface area (Å²) in [5.74, 6) is 1.16. The first-order chi connectivity index (χ1) is 19.0. The normalized spacial score (nSPS) is 12.2. The topological polar surface area (TPSA) is 69.6 Å². The van der Waals surface area contributed by atoms with Crippen LogP contribution in [0.1, 0.15) is 26.3 Å². The Kier molecular flexibility index (Phi) is 5.45. The fraction of sp³-hybridized carbons (Fsp3) is 0.125. The summed E-state index contributed by atoms with van der Waals surface area (Å²) in [7, 11) is 0. The van der Waals surface area contributed by atoms with Gasteiger partial charge in [0.2, 0.25) is 0 Å². The Morgan fingerprint density at radius 1 is 0.650 bits per heavy atom. The SMILES string of the molecule is CC(C)(C)c1ccc2c3ccc(Oc4[c-]c5c(cc4)c4nccnc4n4ccnc54)[c-]c3c3nccn3c2c1.[Pt+2]. The van der Waals surface area contributed by atoms with E-state index in [1.54, 1.807) is 18.6 Å². The van der Waals surface area contributed by atoms with Crippen molar-refractivity contribution in [3.63, 3.8) is 0 Å². The summed E-state index contributed by atoms with van der Waals surface area (Å²) in [4.78, 5) is 18.3. The average Bonchev–Trinajstić information content (AvgIpc) is 3.63. The molecular weight excluding hydrogens is 679 g/mol. The monoisotopic (exact) mass is 701 g/mol. The van der Waals surface area contributed by atoms with Gasteiger partial charge in [-0.05, 0) is 22.4 Å². The van der Waals surface area contributed by atoms with Crippen molar-refractivity contribution in [1.82, 2.24) is 28.7 Å². The second-order valence-electron chi connectivity index (χ2n) is 10.8. The molecule has 0 saturated carbocycles. The van der Waals surface area contributed by atoms with E-state index in [0.29, 0.717) is 11.5 Å². The Morgan fingerprint density at radius 2 is 1.25 bits per heavy atom. The molecule has 196 valence electrons. The molecular formula is C32H22N6OPt. The summed E-state index contributed by atoms with van der Waals surface area (Å²) in [6, 6.07) is 21.5. The van der Waals surface area contributed by atoms with Crippen LogP contribution in [0.25, 0.3) is 54.9 Å². The molecule has 0 atom stereocenters. The Bertz CT molecular complexity index is 2260. The van der Waals surface area contributed by atoms with E-state index in [2.05, 4.69) is 81.5 Å². The van der Waals surface area contributed by atoms with Gasteiger partial charge < -0.3 is 13.5 Å². The van der Waals surface area contributed by atoms with E-state index in [9.17, 15) is 0 Å². The van der Waals surface area contributed by atoms with E-state index < -0.39 is 0 Å². The molecule has 0 spiro atoms. The minimum atomic E-state index is 0. The third kappa shape index (κ3) is 3.61. The zero-order chi connectivity index (χ0) is 26.3. The second-order valence-corrected chi connectivity index (χ2v) is 10.8. The van der Waals surface area contributed by atoms with Gasteiger partial charge in [0.05, 0.1) is 16.8 Å². The summed E-state index contributed by atoms with van der Waals surface area (Å²) < 4.78 is 10.4. The number of nitrogens with zero attached hydrogens (tertiary/aromatic N) is 6. The molecule has 0 aliphatic heterocycles. The molecule has 0 saturated heterocycles. The summed E-state index contributed by atoms with van der Waals surface area (Å²) >= 11 is 0. The van der Waals surface area contributed by atoms with Crippen LogP contribution >= 0.6 is 0 Å². The molecule has 40 heavy (non-hydrogen) atoms. The van der Waals surface area contributed by atoms with Gasteiger partial charge in [-0.3, -0.25) is 15.0 Å². The first kappa shape index (κ1) is 24.7. The quantitative estimate of drug-likeness (QED) is 0.143. The van der Waals surface area contributed by atoms with E-state index >= 15 is 0 Å². The Labute approximate surface area is 243 Å². The summed E-state index contributed by atoms with van der Waals surface area (Å²) in [6.07, 6.45) is 10.9. The van der Waals surface area contributed by atoms with Crippen molar-refractivity contribution in [2.45, 2.75) is 26.2 Å². The molecule has 5 heterocycles. The maximum atomic E-state index is 6.31. The third-order valence-electron chi connectivity index (χ3n) is 7.36. The van der Waals surface area contributed by atoms with Crippen LogP contribution in [0.15, 0.2) is 79.6 Å². The number of benzene rings is 3. The van der Waals surface area contributed by atoms with E-state index in [-0.39, 0.29) is 26.5 Å². The van der Waals surface area contributed by atoms with Crippen molar-refractivity contribution in [3.8, 4) is 11.5 Å². The van der Waals surface area contributed by atoms with Crippen LogP contribution in [0, 0.1) is 12.1 Å². The van der Waals surface area contributed by atoms with E-state index in [1.165, 1.54) is 5.56 Å². The van der Waals surface area contributed by atoms with Gasteiger partial charge in [0.15, 0.2) is 0 Å². The van der Waals surface area contributed by atoms with Gasteiger partial charge in [-0.2, -0.15) is 0 Å². The van der Waals surface area contributed by atoms with Crippen molar-refractivity contribution in [1.29, 1.82) is 0 Å². The molecule has 0 amide bonds. The standard InChI is InChI=1S/C32H22N6O.Pt/c1-32(2,3)19-4-7-23-22-8-5-20(17-25(22)29-35-12-14-37(29)27(23)16-19)39-21-6-9-24-26(18-21)30-36-13-15-38(30)31-28(24)33-10-11-34-31;/h4-16H,1-3H3;/q-2;+2. The van der Waals surface area contributed by atoms with Gasteiger partial charge in [-0.15, -0.1) is 12.1 Å². The van der Waals surface area contributed by atoms with Gasteiger partial charge in [0.1, 0.15) is 5.65 Å². The molecule has 8 aromatic rings. The number of hydrogen-bond donors (Lipinski definition) is 0. The molecule has 8 rings (SSSR count). The predicted molar refractivity (Wildman–Crippen MR) is 152 cm³/mol. The zero-order valence-electron chi connectivity index (χ0n) is 21.9. The van der Waals surface area contributed by atoms with Crippen LogP contribution in [0.5, 0.6) is 11.5 Å². The molecule has 0 radical (unpaired) electrons. The van der Waals surface area contributed by atoms with E-state index in [1.807, 2.05) is 41.2 Å². The first-order valence-electron chi connectivity index (χ1n) is 12.8. The molecule has 0 bridgehead atoms. The van der Waals surface area contributed by atoms with Crippen molar-refractivity contribution in [2.24, 2.45) is 0 Å². The van der Waals surface area contributed by atoms with Gasteiger partial charge in [-0.1, -0.05) is 78.7 Å². The number of fused-ring (bicyclic) bond motifs is 12. The Balaban J connectivity index is 0.00000264. The zero-order valence-corrected chi connectivity index (χ0v) is 24.2. The minimum absolute atomic E-state index is 0. The first-order valence-corrected chi connectivity index (χ1v) is 12.8. The number of pyridine rings is 2. The predicted octanol–water partition coefficient (Wildman–Crippen LogP) is 7.07. The maximum Gasteiger partial charge on any atom is 2.00 e. The fourth-order valence-corrected chi connectivity index (χ4v) is 5.43. The van der Waals surface area contributed by atoms with Gasteiger partial charge in [0, 0.05) is 54.2 Å². The number of imidazole rings is 2. The molecule has 3 aromatic carbocycles. The second kappa shape index (κ2) is 8.83. The average molecular weight is 702 g/mol. The molecule has 0 unspecified atom stereocenters. The molecule has 0 fully saturated rings. The van der Waals surface area contributed by atoms with Crippen LogP contribution in [0.4, 0.5) is 0 Å². The largest absolute Gasteiger partial charge is 2.00 e. The number of hydrogen-bond acceptors (Lipinski definition) is 5. The Hall–Kier alpha value is -4.35. The van der Waals surface area contributed by atoms with Gasteiger partial charge in [0.25, 0.3) is 0 Å². The van der Waals surface area contributed by atoms with E-state index in [4.69, 9.17) is 4.74 Å². The molecule has 0 aliphatic carbocycles. The summed E-state index contributed by atoms with van der Waals surface area (Å²) in [5, 5.41) is 4.89. The summed E-state index contributed by atoms with van der Waals surface area (Å²) in [5.41, 5.74) is 5.62. The number of ether oxygens (including phenoxy) is 1. The van der Waals surface area contributed by atoms with E-state index in [0.717, 1.165) is 54.9 Å². The Morgan fingerprint density at radius 3 is 2.00 bits per heavy atom. The smallest absolute Gasteiger partial charge is 0.497 e. The van der Waals surface area contributed by atoms with Crippen LogP contribution in [0.2, 0.25) is 0 Å². The van der Waals surface area contributed by atoms with Crippen molar-refractivity contribution in [3.05, 3.63) is 97.3 Å². The van der Waals surface area contributed by atoms with Crippen LogP contribution < -0.4 is 4.74 Å². The fourth-order valence-electron chi connectivity index (χ4n) is 5.43. The van der Waals surface area contributed by atoms with Gasteiger partial charge in [-0.25, -0.2) is 4.98 Å². The molecule has 8 heteroatoms. The summed E-state index contributed by atoms with van der Waals surface area (Å²) in [6.45, 7) is 6.69. The van der Waals surface area contributed by atoms with Crippen molar-refractivity contribution < 1.29 is 25.8 Å². The molecule has 5 aromatic heterocycles. The number of aromatic nitrogens is 6. The van der Waals surface area contributed by atoms with Crippen LogP contribution in [-0.2, 0) is 26.5 Å². The van der Waals surface area contributed by atoms with Crippen LogP contribution in [-0.4, -0.2) is 28.7 Å². The minimum Gasteiger partial charge on any atom is -0.497 e. The number of rotatable bonds is 2. The maximum absolute atomic E-state index is 6.31. The molecule has 7 nitrogen and oxygen atoms in total. The molecule has 0 aliphatic rings. The molecule has 0 N–H and O–H groups in total. The third-order valence-corrected chi connectivity index (χ3v) is 7.36. The van der Waals surface area contributed by atoms with Crippen LogP contribution in [0.3, 0.4) is 0 Å². The van der Waals surface area contributed by atoms with Crippen molar-refractivity contribution in [2.75, 3.05) is 0 Å². The van der Waals surface area contributed by atoms with Crippen molar-refractivity contribution >= 4 is 54.9 Å². The van der Waals surface area contributed by atoms with Gasteiger partial charge >= 0.3 is 21.1 Å².